The fraction of sp³-hybridized carbons (Fsp3) is 1.00. The molecule has 1 aliphatic heterocycles. The zero-order valence-electron chi connectivity index (χ0n) is 11.2. The highest BCUT2D eigenvalue weighted by Crippen LogP contribution is 2.07. The van der Waals surface area contributed by atoms with Gasteiger partial charge in [0.25, 0.3) is 10.2 Å². The van der Waals surface area contributed by atoms with Crippen LogP contribution in [0, 0.1) is 0 Å². The summed E-state index contributed by atoms with van der Waals surface area (Å²) >= 11 is 0. The number of nitrogens with one attached hydrogen (secondary N) is 1. The van der Waals surface area contributed by atoms with Crippen molar-refractivity contribution in [1.29, 1.82) is 0 Å². The minimum atomic E-state index is -3.53. The molecule has 1 atom stereocenters. The first-order valence-electron chi connectivity index (χ1n) is 5.92. The van der Waals surface area contributed by atoms with E-state index >= 15 is 0 Å². The summed E-state index contributed by atoms with van der Waals surface area (Å²) in [5, 5.41) is 10.0. The molecule has 0 aromatic heterocycles. The highest BCUT2D eigenvalue weighted by atomic mass is 32.2. The number of likely N-dealkylation sites (N-methyl/N-ethyl adjacent to an activating group) is 1. The first-order chi connectivity index (χ1) is 8.23. The topological polar surface area (TPSA) is 82.1 Å². The van der Waals surface area contributed by atoms with E-state index in [1.165, 1.54) is 4.31 Å². The number of morpholine rings is 1. The summed E-state index contributed by atoms with van der Waals surface area (Å²) in [4.78, 5) is 1.81. The maximum Gasteiger partial charge on any atom is 0.279 e. The van der Waals surface area contributed by atoms with Gasteiger partial charge in [-0.1, -0.05) is 0 Å². The molecule has 0 amide bonds. The largest absolute Gasteiger partial charge is 0.387 e. The third-order valence-corrected chi connectivity index (χ3v) is 4.16. The SMILES string of the molecule is CN(C)CC(C)(O)CNS(=O)(=O)N1CCOCC1. The zero-order chi connectivity index (χ0) is 13.8. The zero-order valence-corrected chi connectivity index (χ0v) is 12.0. The van der Waals surface area contributed by atoms with Crippen molar-refractivity contribution in [3.05, 3.63) is 0 Å². The predicted octanol–water partition coefficient (Wildman–Crippen LogP) is -1.53. The molecule has 0 aromatic rings. The van der Waals surface area contributed by atoms with E-state index in [-0.39, 0.29) is 6.54 Å². The molecular formula is C10H23N3O4S. The van der Waals surface area contributed by atoms with E-state index in [0.717, 1.165) is 0 Å². The second-order valence-corrected chi connectivity index (χ2v) is 6.83. The fourth-order valence-electron chi connectivity index (χ4n) is 1.86. The lowest BCUT2D eigenvalue weighted by Crippen LogP contribution is -2.52. The summed E-state index contributed by atoms with van der Waals surface area (Å²) in [7, 11) is 0.121. The Hall–Kier alpha value is -0.250. The van der Waals surface area contributed by atoms with E-state index < -0.39 is 15.8 Å². The van der Waals surface area contributed by atoms with Crippen LogP contribution in [0.3, 0.4) is 0 Å². The molecule has 1 saturated heterocycles. The van der Waals surface area contributed by atoms with Crippen LogP contribution in [0.4, 0.5) is 0 Å². The van der Waals surface area contributed by atoms with Gasteiger partial charge in [-0.2, -0.15) is 17.4 Å². The molecule has 1 unspecified atom stereocenters. The van der Waals surface area contributed by atoms with Gasteiger partial charge in [0, 0.05) is 26.2 Å². The lowest BCUT2D eigenvalue weighted by molar-refractivity contribution is 0.0373. The van der Waals surface area contributed by atoms with Crippen LogP contribution in [-0.4, -0.2) is 81.8 Å². The van der Waals surface area contributed by atoms with Crippen molar-refractivity contribution in [2.24, 2.45) is 0 Å². The van der Waals surface area contributed by atoms with Gasteiger partial charge in [-0.05, 0) is 21.0 Å². The van der Waals surface area contributed by atoms with Crippen molar-refractivity contribution in [3.8, 4) is 0 Å². The molecule has 0 saturated carbocycles. The standard InChI is InChI=1S/C10H23N3O4S/c1-10(14,9-12(2)3)8-11-18(15,16)13-4-6-17-7-5-13/h11,14H,4-9H2,1-3H3. The number of nitrogens with zero attached hydrogens (tertiary/aromatic N) is 2. The second-order valence-electron chi connectivity index (χ2n) is 5.07. The predicted molar refractivity (Wildman–Crippen MR) is 68.5 cm³/mol. The maximum absolute atomic E-state index is 12.0. The molecule has 0 radical (unpaired) electrons. The Morgan fingerprint density at radius 2 is 1.94 bits per heavy atom. The monoisotopic (exact) mass is 281 g/mol. The molecule has 18 heavy (non-hydrogen) atoms. The van der Waals surface area contributed by atoms with Gasteiger partial charge in [-0.3, -0.25) is 0 Å². The van der Waals surface area contributed by atoms with Crippen LogP contribution in [-0.2, 0) is 14.9 Å². The Kier molecular flexibility index (Phi) is 5.50. The summed E-state index contributed by atoms with van der Waals surface area (Å²) in [6.45, 7) is 3.51. The molecule has 0 bridgehead atoms. The minimum absolute atomic E-state index is 0.00906. The Bertz CT molecular complexity index is 350. The first kappa shape index (κ1) is 15.8. The van der Waals surface area contributed by atoms with Gasteiger partial charge < -0.3 is 14.7 Å². The van der Waals surface area contributed by atoms with Crippen LogP contribution in [0.15, 0.2) is 0 Å². The van der Waals surface area contributed by atoms with Crippen LogP contribution in [0.25, 0.3) is 0 Å². The van der Waals surface area contributed by atoms with Crippen molar-refractivity contribution in [2.75, 3.05) is 53.5 Å². The van der Waals surface area contributed by atoms with E-state index in [2.05, 4.69) is 4.72 Å². The Balaban J connectivity index is 2.50. The number of hydrogen-bond acceptors (Lipinski definition) is 5. The molecule has 0 aromatic carbocycles. The van der Waals surface area contributed by atoms with Crippen LogP contribution >= 0.6 is 0 Å². The molecule has 1 heterocycles. The number of aliphatic hydroxyl groups is 1. The van der Waals surface area contributed by atoms with E-state index in [1.807, 2.05) is 19.0 Å². The molecule has 0 aliphatic carbocycles. The normalized spacial score (nSPS) is 22.1. The summed E-state index contributed by atoms with van der Waals surface area (Å²) in [5.41, 5.74) is -1.09. The van der Waals surface area contributed by atoms with Gasteiger partial charge in [0.2, 0.25) is 0 Å². The van der Waals surface area contributed by atoms with Gasteiger partial charge >= 0.3 is 0 Å². The molecule has 0 spiro atoms. The van der Waals surface area contributed by atoms with E-state index in [0.29, 0.717) is 32.8 Å². The molecule has 108 valence electrons. The summed E-state index contributed by atoms with van der Waals surface area (Å²) in [6, 6.07) is 0. The van der Waals surface area contributed by atoms with Crippen LogP contribution in [0.2, 0.25) is 0 Å². The lowest BCUT2D eigenvalue weighted by Gasteiger charge is -2.30. The molecule has 1 rings (SSSR count). The van der Waals surface area contributed by atoms with E-state index in [1.54, 1.807) is 6.92 Å². The molecule has 8 heteroatoms. The number of ether oxygens (including phenoxy) is 1. The minimum Gasteiger partial charge on any atom is -0.387 e. The molecule has 7 nitrogen and oxygen atoms in total. The Labute approximate surface area is 109 Å². The van der Waals surface area contributed by atoms with Gasteiger partial charge in [0.15, 0.2) is 0 Å². The smallest absolute Gasteiger partial charge is 0.279 e. The summed E-state index contributed by atoms with van der Waals surface area (Å²) < 4.78 is 32.8. The van der Waals surface area contributed by atoms with Crippen molar-refractivity contribution in [3.63, 3.8) is 0 Å². The average molecular weight is 281 g/mol. The van der Waals surface area contributed by atoms with Crippen LogP contribution in [0.5, 0.6) is 0 Å². The molecule has 2 N–H and O–H groups in total. The Morgan fingerprint density at radius 1 is 1.39 bits per heavy atom. The summed E-state index contributed by atoms with van der Waals surface area (Å²) in [6.07, 6.45) is 0. The van der Waals surface area contributed by atoms with Gasteiger partial charge in [0.05, 0.1) is 18.8 Å². The lowest BCUT2D eigenvalue weighted by atomic mass is 10.1. The molecular weight excluding hydrogens is 258 g/mol. The molecule has 1 fully saturated rings. The maximum atomic E-state index is 12.0. The fourth-order valence-corrected chi connectivity index (χ4v) is 3.17. The highest BCUT2D eigenvalue weighted by Gasteiger charge is 2.28. The number of rotatable bonds is 6. The highest BCUT2D eigenvalue weighted by molar-refractivity contribution is 7.87. The van der Waals surface area contributed by atoms with Gasteiger partial charge in [0.1, 0.15) is 0 Å². The van der Waals surface area contributed by atoms with Gasteiger partial charge in [-0.15, -0.1) is 0 Å². The van der Waals surface area contributed by atoms with Crippen LogP contribution < -0.4 is 4.72 Å². The van der Waals surface area contributed by atoms with Gasteiger partial charge in [-0.25, -0.2) is 0 Å². The second kappa shape index (κ2) is 6.27. The van der Waals surface area contributed by atoms with E-state index in [9.17, 15) is 13.5 Å². The van der Waals surface area contributed by atoms with Crippen molar-refractivity contribution in [2.45, 2.75) is 12.5 Å². The third kappa shape index (κ3) is 5.17. The Morgan fingerprint density at radius 3 is 2.44 bits per heavy atom. The van der Waals surface area contributed by atoms with Crippen molar-refractivity contribution < 1.29 is 18.3 Å². The van der Waals surface area contributed by atoms with Crippen molar-refractivity contribution >= 4 is 10.2 Å². The van der Waals surface area contributed by atoms with Crippen molar-refractivity contribution in [1.82, 2.24) is 13.9 Å². The average Bonchev–Trinajstić information content (AvgIpc) is 2.26. The number of hydrogen-bond donors (Lipinski definition) is 2. The van der Waals surface area contributed by atoms with Crippen LogP contribution in [0.1, 0.15) is 6.92 Å². The molecule has 1 aliphatic rings. The first-order valence-corrected chi connectivity index (χ1v) is 7.36. The van der Waals surface area contributed by atoms with E-state index in [4.69, 9.17) is 4.74 Å². The summed E-state index contributed by atoms with van der Waals surface area (Å²) in [5.74, 6) is 0. The third-order valence-electron chi connectivity index (χ3n) is 2.60. The quantitative estimate of drug-likeness (QED) is 0.617.